The van der Waals surface area contributed by atoms with Crippen LogP contribution in [0, 0.1) is 16.7 Å². The number of rotatable bonds is 2. The van der Waals surface area contributed by atoms with E-state index in [1.165, 1.54) is 25.7 Å². The predicted octanol–water partition coefficient (Wildman–Crippen LogP) is 3.58. The van der Waals surface area contributed by atoms with Crippen LogP contribution in [0.25, 0.3) is 0 Å². The third kappa shape index (κ3) is 1.98. The average molecular weight is 197 g/mol. The van der Waals surface area contributed by atoms with Crippen molar-refractivity contribution in [2.24, 2.45) is 22.5 Å². The second-order valence-electron chi connectivity index (χ2n) is 6.12. The van der Waals surface area contributed by atoms with Gasteiger partial charge in [0.15, 0.2) is 0 Å². The summed E-state index contributed by atoms with van der Waals surface area (Å²) in [5.41, 5.74) is 7.11. The van der Waals surface area contributed by atoms with Crippen molar-refractivity contribution in [1.82, 2.24) is 0 Å². The Labute approximate surface area is 89.5 Å². The molecule has 0 heterocycles. The molecule has 0 aromatic carbocycles. The van der Waals surface area contributed by atoms with E-state index in [0.717, 1.165) is 5.92 Å². The molecule has 1 saturated carbocycles. The molecule has 2 unspecified atom stereocenters. The van der Waals surface area contributed by atoms with Crippen molar-refractivity contribution in [1.29, 1.82) is 0 Å². The fraction of sp³-hybridized carbons (Fsp3) is 1.00. The summed E-state index contributed by atoms with van der Waals surface area (Å²) in [6.45, 7) is 11.8. The van der Waals surface area contributed by atoms with Gasteiger partial charge in [0.2, 0.25) is 0 Å². The number of hydrogen-bond donors (Lipinski definition) is 1. The second kappa shape index (κ2) is 3.84. The highest BCUT2D eigenvalue weighted by molar-refractivity contribution is 4.98. The predicted molar refractivity (Wildman–Crippen MR) is 63.2 cm³/mol. The van der Waals surface area contributed by atoms with Crippen molar-refractivity contribution in [2.75, 3.05) is 0 Å². The van der Waals surface area contributed by atoms with Crippen molar-refractivity contribution < 1.29 is 0 Å². The third-order valence-corrected chi connectivity index (χ3v) is 4.69. The molecular formula is C13H27N. The molecule has 0 bridgehead atoms. The highest BCUT2D eigenvalue weighted by Gasteiger charge is 2.45. The van der Waals surface area contributed by atoms with E-state index < -0.39 is 0 Å². The van der Waals surface area contributed by atoms with Gasteiger partial charge in [0.1, 0.15) is 0 Å². The monoisotopic (exact) mass is 197 g/mol. The zero-order valence-corrected chi connectivity index (χ0v) is 10.6. The fourth-order valence-electron chi connectivity index (χ4n) is 3.30. The molecule has 1 fully saturated rings. The zero-order chi connectivity index (χ0) is 11.0. The maximum atomic E-state index is 6.25. The van der Waals surface area contributed by atoms with Gasteiger partial charge in [-0.2, -0.15) is 0 Å². The molecule has 2 N–H and O–H groups in total. The lowest BCUT2D eigenvalue weighted by Crippen LogP contribution is -2.50. The third-order valence-electron chi connectivity index (χ3n) is 4.69. The van der Waals surface area contributed by atoms with Crippen LogP contribution in [0.2, 0.25) is 0 Å². The maximum absolute atomic E-state index is 6.25. The molecular weight excluding hydrogens is 170 g/mol. The molecule has 1 heteroatoms. The summed E-state index contributed by atoms with van der Waals surface area (Å²) in [6, 6.07) is 0.395. The standard InChI is InChI=1S/C13H27N/c1-6-10-8-11(14)12(3,4)9-13(10,5)7-2/h10-11H,6-9,14H2,1-5H3/t10?,11-,13?/m0/s1. The molecule has 0 radical (unpaired) electrons. The maximum Gasteiger partial charge on any atom is 0.00933 e. The molecule has 0 spiro atoms. The Balaban J connectivity index is 2.85. The molecule has 1 rings (SSSR count). The van der Waals surface area contributed by atoms with Gasteiger partial charge in [-0.25, -0.2) is 0 Å². The minimum absolute atomic E-state index is 0.330. The van der Waals surface area contributed by atoms with E-state index in [0.29, 0.717) is 16.9 Å². The molecule has 3 atom stereocenters. The first kappa shape index (κ1) is 12.0. The molecule has 14 heavy (non-hydrogen) atoms. The van der Waals surface area contributed by atoms with E-state index in [9.17, 15) is 0 Å². The fourth-order valence-corrected chi connectivity index (χ4v) is 3.30. The Morgan fingerprint density at radius 1 is 1.21 bits per heavy atom. The second-order valence-corrected chi connectivity index (χ2v) is 6.12. The van der Waals surface area contributed by atoms with Crippen LogP contribution in [0.3, 0.4) is 0 Å². The van der Waals surface area contributed by atoms with E-state index in [1.807, 2.05) is 0 Å². The van der Waals surface area contributed by atoms with Crippen LogP contribution in [0.4, 0.5) is 0 Å². The van der Waals surface area contributed by atoms with E-state index in [-0.39, 0.29) is 0 Å². The van der Waals surface area contributed by atoms with Crippen LogP contribution >= 0.6 is 0 Å². The van der Waals surface area contributed by atoms with E-state index in [1.54, 1.807) is 0 Å². The Morgan fingerprint density at radius 3 is 2.21 bits per heavy atom. The largest absolute Gasteiger partial charge is 0.327 e. The average Bonchev–Trinajstić information content (AvgIpc) is 2.10. The molecule has 0 aliphatic heterocycles. The van der Waals surface area contributed by atoms with Gasteiger partial charge in [0.25, 0.3) is 0 Å². The summed E-state index contributed by atoms with van der Waals surface area (Å²) in [6.07, 6.45) is 5.08. The van der Waals surface area contributed by atoms with Crippen LogP contribution in [-0.2, 0) is 0 Å². The lowest BCUT2D eigenvalue weighted by atomic mass is 9.56. The summed E-state index contributed by atoms with van der Waals surface area (Å²) < 4.78 is 0. The minimum Gasteiger partial charge on any atom is -0.327 e. The summed E-state index contributed by atoms with van der Waals surface area (Å²) in [4.78, 5) is 0. The Morgan fingerprint density at radius 2 is 1.79 bits per heavy atom. The summed E-state index contributed by atoms with van der Waals surface area (Å²) in [5.74, 6) is 0.829. The number of hydrogen-bond acceptors (Lipinski definition) is 1. The molecule has 0 amide bonds. The van der Waals surface area contributed by atoms with Crippen molar-refractivity contribution in [3.63, 3.8) is 0 Å². The smallest absolute Gasteiger partial charge is 0.00933 e. The molecule has 0 aromatic heterocycles. The molecule has 0 aromatic rings. The van der Waals surface area contributed by atoms with E-state index in [4.69, 9.17) is 5.73 Å². The van der Waals surface area contributed by atoms with Gasteiger partial charge in [-0.15, -0.1) is 0 Å². The zero-order valence-electron chi connectivity index (χ0n) is 10.6. The van der Waals surface area contributed by atoms with Crippen LogP contribution in [0.5, 0.6) is 0 Å². The van der Waals surface area contributed by atoms with Crippen LogP contribution in [0.15, 0.2) is 0 Å². The van der Waals surface area contributed by atoms with Crippen molar-refractivity contribution in [3.05, 3.63) is 0 Å². The topological polar surface area (TPSA) is 26.0 Å². The molecule has 84 valence electrons. The van der Waals surface area contributed by atoms with Crippen LogP contribution < -0.4 is 5.73 Å². The Bertz CT molecular complexity index is 197. The highest BCUT2D eigenvalue weighted by atomic mass is 14.7. The lowest BCUT2D eigenvalue weighted by molar-refractivity contribution is 0.0113. The summed E-state index contributed by atoms with van der Waals surface area (Å²) in [7, 11) is 0. The first-order valence-electron chi connectivity index (χ1n) is 6.11. The summed E-state index contributed by atoms with van der Waals surface area (Å²) in [5, 5.41) is 0. The normalized spacial score (nSPS) is 42.4. The van der Waals surface area contributed by atoms with Gasteiger partial charge < -0.3 is 5.73 Å². The SMILES string of the molecule is CCC1C[C@H](N)C(C)(C)CC1(C)CC. The Hall–Kier alpha value is -0.0400. The van der Waals surface area contributed by atoms with E-state index >= 15 is 0 Å². The van der Waals surface area contributed by atoms with Gasteiger partial charge in [-0.05, 0) is 29.6 Å². The molecule has 1 aliphatic carbocycles. The van der Waals surface area contributed by atoms with Gasteiger partial charge >= 0.3 is 0 Å². The van der Waals surface area contributed by atoms with Crippen molar-refractivity contribution in [3.8, 4) is 0 Å². The van der Waals surface area contributed by atoms with Gasteiger partial charge in [0, 0.05) is 6.04 Å². The minimum atomic E-state index is 0.330. The van der Waals surface area contributed by atoms with Crippen molar-refractivity contribution in [2.45, 2.75) is 66.3 Å². The number of nitrogens with two attached hydrogens (primary N) is 1. The van der Waals surface area contributed by atoms with Crippen LogP contribution in [0.1, 0.15) is 60.3 Å². The molecule has 1 aliphatic rings. The van der Waals surface area contributed by atoms with Crippen molar-refractivity contribution >= 4 is 0 Å². The highest BCUT2D eigenvalue weighted by Crippen LogP contribution is 2.51. The van der Waals surface area contributed by atoms with Gasteiger partial charge in [-0.3, -0.25) is 0 Å². The summed E-state index contributed by atoms with van der Waals surface area (Å²) >= 11 is 0. The quantitative estimate of drug-likeness (QED) is 0.719. The lowest BCUT2D eigenvalue weighted by Gasteiger charge is -2.51. The first-order valence-corrected chi connectivity index (χ1v) is 6.11. The molecule has 0 saturated heterocycles. The molecule has 1 nitrogen and oxygen atoms in total. The first-order chi connectivity index (χ1) is 6.35. The van der Waals surface area contributed by atoms with Crippen LogP contribution in [-0.4, -0.2) is 6.04 Å². The Kier molecular flexibility index (Phi) is 3.30. The van der Waals surface area contributed by atoms with Gasteiger partial charge in [0.05, 0.1) is 0 Å². The van der Waals surface area contributed by atoms with E-state index in [2.05, 4.69) is 34.6 Å². The van der Waals surface area contributed by atoms with Gasteiger partial charge in [-0.1, -0.05) is 47.5 Å².